The molecule has 1 saturated heterocycles. The molecule has 2 aromatic carbocycles. The Morgan fingerprint density at radius 1 is 0.938 bits per heavy atom. The van der Waals surface area contributed by atoms with Crippen LogP contribution in [0.1, 0.15) is 37.0 Å². The Morgan fingerprint density at radius 3 is 2.28 bits per heavy atom. The largest absolute Gasteiger partial charge is 0.376 e. The van der Waals surface area contributed by atoms with E-state index < -0.39 is 0 Å². The number of rotatable bonds is 7. The molecule has 1 heterocycles. The number of urea groups is 2. The third kappa shape index (κ3) is 7.28. The van der Waals surface area contributed by atoms with Crippen molar-refractivity contribution >= 4 is 35.0 Å². The maximum Gasteiger partial charge on any atom is 0.319 e. The van der Waals surface area contributed by atoms with Crippen molar-refractivity contribution in [2.75, 3.05) is 29.1 Å². The van der Waals surface area contributed by atoms with Crippen LogP contribution in [0.4, 0.5) is 26.7 Å². The van der Waals surface area contributed by atoms with E-state index in [1.807, 2.05) is 13.8 Å². The Morgan fingerprint density at radius 2 is 1.62 bits per heavy atom. The van der Waals surface area contributed by atoms with E-state index in [0.717, 1.165) is 19.4 Å². The molecule has 1 aliphatic heterocycles. The topological polar surface area (TPSA) is 121 Å². The van der Waals surface area contributed by atoms with Gasteiger partial charge in [0.1, 0.15) is 0 Å². The van der Waals surface area contributed by atoms with E-state index in [1.54, 1.807) is 48.5 Å². The van der Waals surface area contributed by atoms with E-state index >= 15 is 0 Å². The number of nitrogens with one attached hydrogen (secondary N) is 5. The molecule has 0 aliphatic carbocycles. The highest BCUT2D eigenvalue weighted by Gasteiger charge is 2.16. The van der Waals surface area contributed by atoms with Crippen LogP contribution in [0, 0.1) is 0 Å². The van der Waals surface area contributed by atoms with E-state index in [4.69, 9.17) is 4.74 Å². The molecule has 1 fully saturated rings. The minimum absolute atomic E-state index is 0.00586. The summed E-state index contributed by atoms with van der Waals surface area (Å²) in [7, 11) is 0. The predicted molar refractivity (Wildman–Crippen MR) is 124 cm³/mol. The molecule has 0 aromatic heterocycles. The quantitative estimate of drug-likeness (QED) is 0.451. The van der Waals surface area contributed by atoms with Gasteiger partial charge in [0, 0.05) is 41.8 Å². The first kappa shape index (κ1) is 23.1. The first-order chi connectivity index (χ1) is 15.4. The second-order valence-corrected chi connectivity index (χ2v) is 7.84. The van der Waals surface area contributed by atoms with Crippen molar-refractivity contribution in [3.63, 3.8) is 0 Å². The Balaban J connectivity index is 1.50. The summed E-state index contributed by atoms with van der Waals surface area (Å²) in [4.78, 5) is 36.4. The van der Waals surface area contributed by atoms with Gasteiger partial charge in [-0.3, -0.25) is 4.79 Å². The molecular weight excluding hydrogens is 410 g/mol. The number of ether oxygens (including phenoxy) is 1. The molecule has 5 amide bonds. The summed E-state index contributed by atoms with van der Waals surface area (Å²) in [6.45, 7) is 4.95. The zero-order valence-electron chi connectivity index (χ0n) is 18.2. The van der Waals surface area contributed by atoms with Gasteiger partial charge in [0.25, 0.3) is 5.91 Å². The lowest BCUT2D eigenvalue weighted by atomic mass is 10.2. The van der Waals surface area contributed by atoms with Crippen LogP contribution in [-0.4, -0.2) is 43.3 Å². The van der Waals surface area contributed by atoms with Gasteiger partial charge < -0.3 is 31.3 Å². The van der Waals surface area contributed by atoms with Gasteiger partial charge in [0.2, 0.25) is 0 Å². The lowest BCUT2D eigenvalue weighted by Gasteiger charge is -2.12. The summed E-state index contributed by atoms with van der Waals surface area (Å²) in [5.41, 5.74) is 2.11. The van der Waals surface area contributed by atoms with Gasteiger partial charge in [-0.05, 0) is 69.2 Å². The van der Waals surface area contributed by atoms with E-state index in [2.05, 4.69) is 26.6 Å². The molecule has 3 rings (SSSR count). The number of hydrogen-bond donors (Lipinski definition) is 5. The van der Waals surface area contributed by atoms with E-state index in [0.29, 0.717) is 29.2 Å². The summed E-state index contributed by atoms with van der Waals surface area (Å²) in [5.74, 6) is -0.312. The average Bonchev–Trinajstić information content (AvgIpc) is 3.27. The highest BCUT2D eigenvalue weighted by atomic mass is 16.5. The molecule has 0 radical (unpaired) electrons. The first-order valence-electron chi connectivity index (χ1n) is 10.6. The van der Waals surface area contributed by atoms with Gasteiger partial charge in [-0.2, -0.15) is 0 Å². The molecule has 9 nitrogen and oxygen atoms in total. The molecule has 1 atom stereocenters. The minimum Gasteiger partial charge on any atom is -0.376 e. The zero-order chi connectivity index (χ0) is 22.9. The zero-order valence-corrected chi connectivity index (χ0v) is 18.2. The average molecular weight is 440 g/mol. The third-order valence-electron chi connectivity index (χ3n) is 4.72. The monoisotopic (exact) mass is 439 g/mol. The van der Waals surface area contributed by atoms with Gasteiger partial charge in [-0.1, -0.05) is 6.07 Å². The van der Waals surface area contributed by atoms with E-state index in [-0.39, 0.29) is 30.1 Å². The van der Waals surface area contributed by atoms with Crippen molar-refractivity contribution in [3.8, 4) is 0 Å². The molecule has 9 heteroatoms. The molecule has 1 aliphatic rings. The lowest BCUT2D eigenvalue weighted by Crippen LogP contribution is -2.35. The Kier molecular flexibility index (Phi) is 8.04. The van der Waals surface area contributed by atoms with Crippen LogP contribution in [0.25, 0.3) is 0 Å². The van der Waals surface area contributed by atoms with Crippen LogP contribution >= 0.6 is 0 Å². The van der Waals surface area contributed by atoms with Crippen LogP contribution in [-0.2, 0) is 4.74 Å². The van der Waals surface area contributed by atoms with Gasteiger partial charge >= 0.3 is 12.1 Å². The molecule has 32 heavy (non-hydrogen) atoms. The Hall–Kier alpha value is -3.59. The molecule has 2 aromatic rings. The Bertz CT molecular complexity index is 940. The SMILES string of the molecule is CC(C)NC(=O)Nc1cccc(C(=O)Nc2ccc(NC(=O)NCC3CCCO3)cc2)c1. The number of amides is 5. The van der Waals surface area contributed by atoms with Crippen molar-refractivity contribution < 1.29 is 19.1 Å². The summed E-state index contributed by atoms with van der Waals surface area (Å²) in [6.07, 6.45) is 2.06. The maximum absolute atomic E-state index is 12.6. The molecule has 0 bridgehead atoms. The van der Waals surface area contributed by atoms with Gasteiger partial charge in [-0.15, -0.1) is 0 Å². The second kappa shape index (κ2) is 11.1. The number of hydrogen-bond acceptors (Lipinski definition) is 4. The van der Waals surface area contributed by atoms with E-state index in [9.17, 15) is 14.4 Å². The fourth-order valence-electron chi connectivity index (χ4n) is 3.19. The second-order valence-electron chi connectivity index (χ2n) is 7.84. The fraction of sp³-hybridized carbons (Fsp3) is 0.348. The number of carbonyl (C=O) groups is 3. The minimum atomic E-state index is -0.333. The van der Waals surface area contributed by atoms with Crippen LogP contribution in [0.3, 0.4) is 0 Å². The number of benzene rings is 2. The van der Waals surface area contributed by atoms with Crippen LogP contribution in [0.5, 0.6) is 0 Å². The van der Waals surface area contributed by atoms with Crippen molar-refractivity contribution in [1.29, 1.82) is 0 Å². The highest BCUT2D eigenvalue weighted by molar-refractivity contribution is 6.05. The predicted octanol–water partition coefficient (Wildman–Crippen LogP) is 3.77. The smallest absolute Gasteiger partial charge is 0.319 e. The van der Waals surface area contributed by atoms with Crippen molar-refractivity contribution in [1.82, 2.24) is 10.6 Å². The summed E-state index contributed by atoms with van der Waals surface area (Å²) >= 11 is 0. The number of carbonyl (C=O) groups excluding carboxylic acids is 3. The molecular formula is C23H29N5O4. The fourth-order valence-corrected chi connectivity index (χ4v) is 3.19. The molecule has 170 valence electrons. The summed E-state index contributed by atoms with van der Waals surface area (Å²) in [5, 5.41) is 13.8. The van der Waals surface area contributed by atoms with Crippen molar-refractivity contribution in [2.24, 2.45) is 0 Å². The highest BCUT2D eigenvalue weighted by Crippen LogP contribution is 2.17. The van der Waals surface area contributed by atoms with Gasteiger partial charge in [0.05, 0.1) is 6.10 Å². The number of anilines is 3. The van der Waals surface area contributed by atoms with Crippen LogP contribution < -0.4 is 26.6 Å². The van der Waals surface area contributed by atoms with Crippen LogP contribution in [0.2, 0.25) is 0 Å². The summed E-state index contributed by atoms with van der Waals surface area (Å²) < 4.78 is 5.48. The van der Waals surface area contributed by atoms with Crippen molar-refractivity contribution in [3.05, 3.63) is 54.1 Å². The van der Waals surface area contributed by atoms with Gasteiger partial charge in [0.15, 0.2) is 0 Å². The standard InChI is InChI=1S/C23H29N5O4/c1-15(2)25-23(31)28-19-6-3-5-16(13-19)21(29)26-17-8-10-18(11-9-17)27-22(30)24-14-20-7-4-12-32-20/h3,5-6,8-11,13,15,20H,4,7,12,14H2,1-2H3,(H,26,29)(H2,24,27,30)(H2,25,28,31). The van der Waals surface area contributed by atoms with E-state index in [1.165, 1.54) is 0 Å². The molecule has 1 unspecified atom stereocenters. The maximum atomic E-state index is 12.6. The normalized spacial score (nSPS) is 15.2. The Labute approximate surface area is 187 Å². The van der Waals surface area contributed by atoms with Crippen LogP contribution in [0.15, 0.2) is 48.5 Å². The first-order valence-corrected chi connectivity index (χ1v) is 10.6. The molecule has 5 N–H and O–H groups in total. The lowest BCUT2D eigenvalue weighted by molar-refractivity contribution is 0.102. The third-order valence-corrected chi connectivity index (χ3v) is 4.72. The van der Waals surface area contributed by atoms with Gasteiger partial charge in [-0.25, -0.2) is 9.59 Å². The summed E-state index contributed by atoms with van der Waals surface area (Å²) in [6, 6.07) is 12.8. The molecule has 0 spiro atoms. The van der Waals surface area contributed by atoms with Crippen molar-refractivity contribution in [2.45, 2.75) is 38.8 Å². The molecule has 0 saturated carbocycles.